The fourth-order valence-electron chi connectivity index (χ4n) is 5.74. The molecule has 5 nitrogen and oxygen atoms in total. The summed E-state index contributed by atoms with van der Waals surface area (Å²) in [6.07, 6.45) is 9.44. The molecule has 2 aromatic rings. The molecule has 32 heavy (non-hydrogen) atoms. The van der Waals surface area contributed by atoms with Crippen molar-refractivity contribution < 1.29 is 9.53 Å². The van der Waals surface area contributed by atoms with Crippen LogP contribution in [0, 0.1) is 0 Å². The van der Waals surface area contributed by atoms with Crippen molar-refractivity contribution >= 4 is 28.1 Å². The number of rotatable bonds is 1. The number of nitrogens with zero attached hydrogens (tertiary/aromatic N) is 3. The van der Waals surface area contributed by atoms with Crippen LogP contribution in [0.3, 0.4) is 0 Å². The van der Waals surface area contributed by atoms with E-state index in [9.17, 15) is 4.79 Å². The molecule has 2 aliphatic heterocycles. The molecule has 0 unspecified atom stereocenters. The number of benzene rings is 2. The summed E-state index contributed by atoms with van der Waals surface area (Å²) in [4.78, 5) is 19.1. The summed E-state index contributed by atoms with van der Waals surface area (Å²) in [6.45, 7) is 6.05. The second-order valence-corrected chi connectivity index (χ2v) is 9.31. The number of aryl methyl sites for hydroxylation is 1. The molecule has 0 atom stereocenters. The number of piperazine rings is 1. The topological polar surface area (TPSA) is 36.0 Å². The number of urea groups is 1. The van der Waals surface area contributed by atoms with E-state index in [0.29, 0.717) is 26.3 Å². The molecule has 0 N–H and O–H groups in total. The maximum atomic E-state index is 12.8. The SMILES string of the molecule is O=C(N1CCOCC1)N1CCN(c2ccc3c4c(ccc3c2)C2=C(CCC=C2)CC4)CC1. The minimum absolute atomic E-state index is 0.170. The lowest BCUT2D eigenvalue weighted by Crippen LogP contribution is -2.54. The smallest absolute Gasteiger partial charge is 0.320 e. The van der Waals surface area contributed by atoms with Gasteiger partial charge >= 0.3 is 6.03 Å². The van der Waals surface area contributed by atoms with Gasteiger partial charge in [0.1, 0.15) is 0 Å². The van der Waals surface area contributed by atoms with Gasteiger partial charge in [-0.1, -0.05) is 35.9 Å². The van der Waals surface area contributed by atoms with Gasteiger partial charge in [-0.25, -0.2) is 4.79 Å². The molecule has 0 spiro atoms. The first kappa shape index (κ1) is 19.9. The highest BCUT2D eigenvalue weighted by molar-refractivity contribution is 5.95. The van der Waals surface area contributed by atoms with Gasteiger partial charge in [0.25, 0.3) is 0 Å². The second-order valence-electron chi connectivity index (χ2n) is 9.31. The summed E-state index contributed by atoms with van der Waals surface area (Å²) < 4.78 is 5.38. The van der Waals surface area contributed by atoms with E-state index >= 15 is 0 Å². The molecular weight excluding hydrogens is 398 g/mol. The van der Waals surface area contributed by atoms with Crippen LogP contribution >= 0.6 is 0 Å². The number of allylic oxidation sites excluding steroid dienone is 4. The Hall–Kier alpha value is -2.79. The lowest BCUT2D eigenvalue weighted by molar-refractivity contribution is 0.0428. The zero-order valence-corrected chi connectivity index (χ0v) is 18.7. The molecule has 0 aromatic heterocycles. The summed E-state index contributed by atoms with van der Waals surface area (Å²) in [5, 5.41) is 2.73. The number of morpholine rings is 1. The average molecular weight is 430 g/mol. The lowest BCUT2D eigenvalue weighted by atomic mass is 9.79. The first-order valence-corrected chi connectivity index (χ1v) is 12.1. The molecule has 6 rings (SSSR count). The van der Waals surface area contributed by atoms with Crippen LogP contribution in [0.1, 0.15) is 30.4 Å². The van der Waals surface area contributed by atoms with E-state index in [1.807, 2.05) is 9.80 Å². The normalized spacial score (nSPS) is 21.1. The third-order valence-electron chi connectivity index (χ3n) is 7.56. The number of amides is 2. The van der Waals surface area contributed by atoms with Gasteiger partial charge in [-0.3, -0.25) is 0 Å². The van der Waals surface area contributed by atoms with Crippen LogP contribution in [0.15, 0.2) is 48.1 Å². The van der Waals surface area contributed by atoms with Crippen LogP contribution in [0.4, 0.5) is 10.5 Å². The number of hydrogen-bond acceptors (Lipinski definition) is 3. The quantitative estimate of drug-likeness (QED) is 0.671. The predicted octanol–water partition coefficient (Wildman–Crippen LogP) is 4.46. The Labute approximate surface area is 189 Å². The van der Waals surface area contributed by atoms with Gasteiger partial charge in [0.15, 0.2) is 0 Å². The lowest BCUT2D eigenvalue weighted by Gasteiger charge is -2.39. The van der Waals surface area contributed by atoms with Crippen LogP contribution in [0.25, 0.3) is 16.3 Å². The average Bonchev–Trinajstić information content (AvgIpc) is 2.88. The standard InChI is InChI=1S/C27H31N3O2/c31-27(30-15-17-32-18-16-30)29-13-11-28(12-14-29)22-7-10-24-21(19-22)6-9-25-23-4-2-1-3-20(23)5-8-26(24)25/h2,4,6-7,9-10,19H,1,3,5,8,11-18H2. The summed E-state index contributed by atoms with van der Waals surface area (Å²) in [6, 6.07) is 11.8. The fourth-order valence-corrected chi connectivity index (χ4v) is 5.74. The monoisotopic (exact) mass is 429 g/mol. The third kappa shape index (κ3) is 3.49. The Kier molecular flexibility index (Phi) is 5.14. The van der Waals surface area contributed by atoms with Gasteiger partial charge in [-0.15, -0.1) is 0 Å². The maximum Gasteiger partial charge on any atom is 0.320 e. The molecule has 2 aliphatic carbocycles. The first-order chi connectivity index (χ1) is 15.8. The zero-order valence-electron chi connectivity index (χ0n) is 18.7. The van der Waals surface area contributed by atoms with Gasteiger partial charge in [0.05, 0.1) is 13.2 Å². The van der Waals surface area contributed by atoms with Gasteiger partial charge in [0, 0.05) is 45.0 Å². The Bertz CT molecular complexity index is 1110. The molecule has 2 saturated heterocycles. The van der Waals surface area contributed by atoms with Crippen LogP contribution in [-0.4, -0.2) is 68.3 Å². The number of ether oxygens (including phenoxy) is 1. The minimum Gasteiger partial charge on any atom is -0.378 e. The van der Waals surface area contributed by atoms with Crippen molar-refractivity contribution in [2.75, 3.05) is 57.4 Å². The molecule has 0 bridgehead atoms. The molecule has 4 aliphatic rings. The Morgan fingerprint density at radius 2 is 1.66 bits per heavy atom. The molecule has 2 aromatic carbocycles. The van der Waals surface area contributed by atoms with Crippen LogP contribution in [0.2, 0.25) is 0 Å². The van der Waals surface area contributed by atoms with Crippen molar-refractivity contribution in [2.45, 2.75) is 25.7 Å². The molecule has 2 fully saturated rings. The maximum absolute atomic E-state index is 12.8. The second kappa shape index (κ2) is 8.28. The zero-order chi connectivity index (χ0) is 21.5. The number of hydrogen-bond donors (Lipinski definition) is 0. The van der Waals surface area contributed by atoms with Gasteiger partial charge in [0.2, 0.25) is 0 Å². The summed E-state index contributed by atoms with van der Waals surface area (Å²) in [5.74, 6) is 0. The van der Waals surface area contributed by atoms with Crippen molar-refractivity contribution in [1.82, 2.24) is 9.80 Å². The van der Waals surface area contributed by atoms with Crippen molar-refractivity contribution in [1.29, 1.82) is 0 Å². The molecule has 5 heteroatoms. The molecule has 0 radical (unpaired) electrons. The van der Waals surface area contributed by atoms with E-state index in [-0.39, 0.29) is 6.03 Å². The van der Waals surface area contributed by atoms with E-state index in [0.717, 1.165) is 32.6 Å². The van der Waals surface area contributed by atoms with E-state index in [2.05, 4.69) is 47.4 Å². The fraction of sp³-hybridized carbons (Fsp3) is 0.444. The highest BCUT2D eigenvalue weighted by Gasteiger charge is 2.27. The number of carbonyl (C=O) groups is 1. The number of carbonyl (C=O) groups excluding carboxylic acids is 1. The van der Waals surface area contributed by atoms with Crippen molar-refractivity contribution in [3.8, 4) is 0 Å². The van der Waals surface area contributed by atoms with Crippen molar-refractivity contribution in [3.63, 3.8) is 0 Å². The Balaban J connectivity index is 1.19. The highest BCUT2D eigenvalue weighted by atomic mass is 16.5. The van der Waals surface area contributed by atoms with Crippen LogP contribution in [0.5, 0.6) is 0 Å². The molecular formula is C27H31N3O2. The number of fused-ring (bicyclic) bond motifs is 4. The summed E-state index contributed by atoms with van der Waals surface area (Å²) in [5.41, 5.74) is 7.34. The minimum atomic E-state index is 0.170. The van der Waals surface area contributed by atoms with E-state index in [1.54, 1.807) is 5.57 Å². The van der Waals surface area contributed by atoms with Gasteiger partial charge < -0.3 is 19.4 Å². The van der Waals surface area contributed by atoms with Crippen molar-refractivity contribution in [2.24, 2.45) is 0 Å². The highest BCUT2D eigenvalue weighted by Crippen LogP contribution is 2.40. The molecule has 2 amide bonds. The van der Waals surface area contributed by atoms with E-state index in [1.165, 1.54) is 52.4 Å². The Morgan fingerprint density at radius 1 is 0.844 bits per heavy atom. The predicted molar refractivity (Wildman–Crippen MR) is 129 cm³/mol. The summed E-state index contributed by atoms with van der Waals surface area (Å²) >= 11 is 0. The first-order valence-electron chi connectivity index (χ1n) is 12.1. The number of anilines is 1. The van der Waals surface area contributed by atoms with E-state index in [4.69, 9.17) is 4.74 Å². The molecule has 2 heterocycles. The largest absolute Gasteiger partial charge is 0.378 e. The summed E-state index contributed by atoms with van der Waals surface area (Å²) in [7, 11) is 0. The van der Waals surface area contributed by atoms with Gasteiger partial charge in [-0.2, -0.15) is 0 Å². The van der Waals surface area contributed by atoms with Crippen molar-refractivity contribution in [3.05, 3.63) is 59.2 Å². The van der Waals surface area contributed by atoms with Crippen LogP contribution in [-0.2, 0) is 11.2 Å². The molecule has 0 saturated carbocycles. The van der Waals surface area contributed by atoms with Crippen LogP contribution < -0.4 is 4.90 Å². The van der Waals surface area contributed by atoms with Gasteiger partial charge in [-0.05, 0) is 65.3 Å². The third-order valence-corrected chi connectivity index (χ3v) is 7.56. The Morgan fingerprint density at radius 3 is 2.50 bits per heavy atom. The van der Waals surface area contributed by atoms with E-state index < -0.39 is 0 Å². The molecule has 166 valence electrons.